The zero-order valence-corrected chi connectivity index (χ0v) is 10.5. The summed E-state index contributed by atoms with van der Waals surface area (Å²) in [4.78, 5) is 0. The molecule has 1 atom stereocenters. The van der Waals surface area contributed by atoms with Crippen molar-refractivity contribution in [1.29, 1.82) is 0 Å². The highest BCUT2D eigenvalue weighted by Crippen LogP contribution is 2.23. The van der Waals surface area contributed by atoms with Crippen LogP contribution in [0.4, 0.5) is 4.39 Å². The fraction of sp³-hybridized carbons (Fsp3) is 0.538. The third-order valence-electron chi connectivity index (χ3n) is 2.45. The van der Waals surface area contributed by atoms with E-state index < -0.39 is 11.4 Å². The van der Waals surface area contributed by atoms with Crippen LogP contribution in [0.3, 0.4) is 0 Å². The second-order valence-corrected chi connectivity index (χ2v) is 4.24. The molecule has 0 heterocycles. The number of aliphatic hydroxyl groups is 1. The van der Waals surface area contributed by atoms with E-state index in [9.17, 15) is 9.50 Å². The molecule has 0 fully saturated rings. The molecule has 0 spiro atoms. The first-order chi connectivity index (χ1) is 8.00. The van der Waals surface area contributed by atoms with E-state index in [4.69, 9.17) is 9.47 Å². The first-order valence-electron chi connectivity index (χ1n) is 5.61. The summed E-state index contributed by atoms with van der Waals surface area (Å²) in [6.45, 7) is 4.18. The number of rotatable bonds is 6. The molecule has 1 aromatic rings. The number of methoxy groups -OCH3 is 1. The molecule has 4 heteroatoms. The van der Waals surface area contributed by atoms with Crippen LogP contribution < -0.4 is 4.74 Å². The van der Waals surface area contributed by atoms with Crippen molar-refractivity contribution in [2.75, 3.05) is 20.3 Å². The molecule has 17 heavy (non-hydrogen) atoms. The summed E-state index contributed by atoms with van der Waals surface area (Å²) in [5.74, 6) is -0.235. The van der Waals surface area contributed by atoms with Gasteiger partial charge in [0.25, 0.3) is 0 Å². The molecule has 0 radical (unpaired) electrons. The first-order valence-corrected chi connectivity index (χ1v) is 5.61. The molecule has 0 aliphatic rings. The highest BCUT2D eigenvalue weighted by Gasteiger charge is 2.23. The Balaban J connectivity index is 2.80. The SMILES string of the molecule is CCOCC(C)(O)Cc1cccc(OC)c1F. The molecule has 1 aromatic carbocycles. The lowest BCUT2D eigenvalue weighted by Crippen LogP contribution is -2.33. The van der Waals surface area contributed by atoms with Gasteiger partial charge in [0.2, 0.25) is 0 Å². The topological polar surface area (TPSA) is 38.7 Å². The van der Waals surface area contributed by atoms with Gasteiger partial charge in [0.15, 0.2) is 11.6 Å². The van der Waals surface area contributed by atoms with Crippen LogP contribution in [-0.2, 0) is 11.2 Å². The maximum Gasteiger partial charge on any atom is 0.168 e. The van der Waals surface area contributed by atoms with Gasteiger partial charge in [-0.1, -0.05) is 12.1 Å². The molecular weight excluding hydrogens is 223 g/mol. The van der Waals surface area contributed by atoms with Crippen LogP contribution in [0.1, 0.15) is 19.4 Å². The van der Waals surface area contributed by atoms with Gasteiger partial charge in [-0.2, -0.15) is 0 Å². The van der Waals surface area contributed by atoms with E-state index in [1.165, 1.54) is 7.11 Å². The van der Waals surface area contributed by atoms with Crippen LogP contribution in [0.25, 0.3) is 0 Å². The van der Waals surface area contributed by atoms with Gasteiger partial charge in [-0.25, -0.2) is 4.39 Å². The zero-order valence-electron chi connectivity index (χ0n) is 10.5. The fourth-order valence-corrected chi connectivity index (χ4v) is 1.63. The molecule has 1 rings (SSSR count). The molecule has 0 aliphatic heterocycles. The molecule has 0 saturated heterocycles. The fourth-order valence-electron chi connectivity index (χ4n) is 1.63. The molecule has 0 saturated carbocycles. The van der Waals surface area contributed by atoms with Crippen molar-refractivity contribution in [3.63, 3.8) is 0 Å². The van der Waals surface area contributed by atoms with Crippen LogP contribution in [0.2, 0.25) is 0 Å². The highest BCUT2D eigenvalue weighted by atomic mass is 19.1. The number of hydrogen-bond acceptors (Lipinski definition) is 3. The Morgan fingerprint density at radius 1 is 1.41 bits per heavy atom. The van der Waals surface area contributed by atoms with E-state index >= 15 is 0 Å². The molecule has 3 nitrogen and oxygen atoms in total. The molecule has 96 valence electrons. The van der Waals surface area contributed by atoms with E-state index in [1.54, 1.807) is 25.1 Å². The lowest BCUT2D eigenvalue weighted by Gasteiger charge is -2.23. The van der Waals surface area contributed by atoms with Crippen molar-refractivity contribution < 1.29 is 19.0 Å². The second kappa shape index (κ2) is 5.98. The van der Waals surface area contributed by atoms with Crippen LogP contribution in [-0.4, -0.2) is 31.0 Å². The van der Waals surface area contributed by atoms with E-state index in [-0.39, 0.29) is 18.8 Å². The van der Waals surface area contributed by atoms with E-state index in [2.05, 4.69) is 0 Å². The predicted molar refractivity (Wildman–Crippen MR) is 63.8 cm³/mol. The molecule has 0 bridgehead atoms. The molecule has 0 amide bonds. The molecular formula is C13H19FO3. The Kier molecular flexibility index (Phi) is 4.90. The zero-order chi connectivity index (χ0) is 12.9. The Morgan fingerprint density at radius 3 is 2.71 bits per heavy atom. The van der Waals surface area contributed by atoms with Gasteiger partial charge in [-0.15, -0.1) is 0 Å². The molecule has 1 N–H and O–H groups in total. The minimum Gasteiger partial charge on any atom is -0.494 e. The van der Waals surface area contributed by atoms with Gasteiger partial charge in [0, 0.05) is 13.0 Å². The smallest absolute Gasteiger partial charge is 0.168 e. The van der Waals surface area contributed by atoms with Crippen molar-refractivity contribution in [3.8, 4) is 5.75 Å². The molecule has 0 aromatic heterocycles. The first kappa shape index (κ1) is 13.9. The lowest BCUT2D eigenvalue weighted by molar-refractivity contribution is -0.0301. The number of hydrogen-bond donors (Lipinski definition) is 1. The van der Waals surface area contributed by atoms with Gasteiger partial charge in [0.05, 0.1) is 19.3 Å². The minimum atomic E-state index is -1.08. The summed E-state index contributed by atoms with van der Waals surface area (Å²) in [6.07, 6.45) is 0.191. The maximum atomic E-state index is 13.8. The lowest BCUT2D eigenvalue weighted by atomic mass is 9.97. The largest absolute Gasteiger partial charge is 0.494 e. The maximum absolute atomic E-state index is 13.8. The highest BCUT2D eigenvalue weighted by molar-refractivity contribution is 5.31. The van der Waals surface area contributed by atoms with Gasteiger partial charge in [-0.3, -0.25) is 0 Å². The van der Waals surface area contributed by atoms with Crippen molar-refractivity contribution in [2.45, 2.75) is 25.9 Å². The van der Waals surface area contributed by atoms with Gasteiger partial charge < -0.3 is 14.6 Å². The van der Waals surface area contributed by atoms with Crippen LogP contribution in [0, 0.1) is 5.82 Å². The van der Waals surface area contributed by atoms with E-state index in [0.29, 0.717) is 12.2 Å². The minimum absolute atomic E-state index is 0.181. The van der Waals surface area contributed by atoms with Crippen LogP contribution in [0.5, 0.6) is 5.75 Å². The standard InChI is InChI=1S/C13H19FO3/c1-4-17-9-13(2,15)8-10-6-5-7-11(16-3)12(10)14/h5-7,15H,4,8-9H2,1-3H3. The van der Waals surface area contributed by atoms with Crippen molar-refractivity contribution in [1.82, 2.24) is 0 Å². The van der Waals surface area contributed by atoms with Crippen molar-refractivity contribution in [2.24, 2.45) is 0 Å². The van der Waals surface area contributed by atoms with Gasteiger partial charge >= 0.3 is 0 Å². The summed E-state index contributed by atoms with van der Waals surface area (Å²) in [5.41, 5.74) is -0.655. The Labute approximate surface area is 101 Å². The third-order valence-corrected chi connectivity index (χ3v) is 2.45. The average molecular weight is 242 g/mol. The third kappa shape index (κ3) is 3.98. The second-order valence-electron chi connectivity index (χ2n) is 4.24. The number of halogens is 1. The summed E-state index contributed by atoms with van der Waals surface area (Å²) >= 11 is 0. The average Bonchev–Trinajstić information content (AvgIpc) is 2.29. The summed E-state index contributed by atoms with van der Waals surface area (Å²) in [6, 6.07) is 4.89. The summed E-state index contributed by atoms with van der Waals surface area (Å²) < 4.78 is 23.9. The molecule has 0 aliphatic carbocycles. The van der Waals surface area contributed by atoms with E-state index in [0.717, 1.165) is 0 Å². The van der Waals surface area contributed by atoms with Gasteiger partial charge in [0.1, 0.15) is 0 Å². The van der Waals surface area contributed by atoms with Crippen molar-refractivity contribution in [3.05, 3.63) is 29.6 Å². The van der Waals surface area contributed by atoms with E-state index in [1.807, 2.05) is 6.92 Å². The van der Waals surface area contributed by atoms with Crippen LogP contribution >= 0.6 is 0 Å². The van der Waals surface area contributed by atoms with Crippen molar-refractivity contribution >= 4 is 0 Å². The normalized spacial score (nSPS) is 14.4. The van der Waals surface area contributed by atoms with Crippen LogP contribution in [0.15, 0.2) is 18.2 Å². The quantitative estimate of drug-likeness (QED) is 0.830. The monoisotopic (exact) mass is 242 g/mol. The number of benzene rings is 1. The number of ether oxygens (including phenoxy) is 2. The molecule has 1 unspecified atom stereocenters. The Bertz CT molecular complexity index is 364. The van der Waals surface area contributed by atoms with Gasteiger partial charge in [-0.05, 0) is 25.5 Å². The summed E-state index contributed by atoms with van der Waals surface area (Å²) in [7, 11) is 1.42. The Hall–Kier alpha value is -1.13. The summed E-state index contributed by atoms with van der Waals surface area (Å²) in [5, 5.41) is 10.1. The predicted octanol–water partition coefficient (Wildman–Crippen LogP) is 2.16. The Morgan fingerprint density at radius 2 is 2.12 bits per heavy atom.